The minimum absolute atomic E-state index is 0.221. The van der Waals surface area contributed by atoms with Crippen molar-refractivity contribution in [1.82, 2.24) is 10.6 Å². The standard InChI is InChI=1S/C36H34F3N3O5/c1-3-40-33(45)35(34(46)41-4-2,26-12-6-5-7-13-26)23-47-31(43)22-24-11-10-14-28(21-24)42-32(44)30-16-9-8-15-29(30)25-17-19-27(20-18-25)36(37,38)39/h5-21H,3-4,22-23H2,1-2H3,(H,40,45)(H,41,46)(H,42,44). The lowest BCUT2D eigenvalue weighted by Gasteiger charge is -2.31. The van der Waals surface area contributed by atoms with Crippen LogP contribution in [0.2, 0.25) is 0 Å². The van der Waals surface area contributed by atoms with Gasteiger partial charge in [-0.25, -0.2) is 0 Å². The van der Waals surface area contributed by atoms with Crippen molar-refractivity contribution in [3.05, 3.63) is 125 Å². The van der Waals surface area contributed by atoms with E-state index >= 15 is 0 Å². The van der Waals surface area contributed by atoms with E-state index in [1.54, 1.807) is 92.7 Å². The molecule has 3 amide bonds. The van der Waals surface area contributed by atoms with Gasteiger partial charge in [-0.15, -0.1) is 0 Å². The summed E-state index contributed by atoms with van der Waals surface area (Å²) in [5, 5.41) is 8.14. The number of esters is 1. The van der Waals surface area contributed by atoms with Gasteiger partial charge in [0.1, 0.15) is 6.61 Å². The second-order valence-corrected chi connectivity index (χ2v) is 10.6. The monoisotopic (exact) mass is 645 g/mol. The minimum Gasteiger partial charge on any atom is -0.463 e. The van der Waals surface area contributed by atoms with Gasteiger partial charge < -0.3 is 20.7 Å². The van der Waals surface area contributed by atoms with Crippen LogP contribution in [0.15, 0.2) is 103 Å². The van der Waals surface area contributed by atoms with Gasteiger partial charge >= 0.3 is 12.1 Å². The van der Waals surface area contributed by atoms with Crippen molar-refractivity contribution in [2.24, 2.45) is 0 Å². The summed E-state index contributed by atoms with van der Waals surface area (Å²) in [6, 6.07) is 25.9. The van der Waals surface area contributed by atoms with Gasteiger partial charge in [-0.1, -0.05) is 72.8 Å². The van der Waals surface area contributed by atoms with Crippen molar-refractivity contribution < 1.29 is 37.1 Å². The van der Waals surface area contributed by atoms with E-state index < -0.39 is 47.5 Å². The van der Waals surface area contributed by atoms with Crippen LogP contribution in [0.5, 0.6) is 0 Å². The number of carbonyl (C=O) groups excluding carboxylic acids is 4. The highest BCUT2D eigenvalue weighted by Gasteiger charge is 2.48. The lowest BCUT2D eigenvalue weighted by atomic mass is 9.79. The lowest BCUT2D eigenvalue weighted by molar-refractivity contribution is -0.150. The number of anilines is 1. The van der Waals surface area contributed by atoms with Crippen molar-refractivity contribution in [2.45, 2.75) is 31.9 Å². The Labute approximate surface area is 270 Å². The number of likely N-dealkylation sites (N-methyl/N-ethyl adjacent to an activating group) is 2. The van der Waals surface area contributed by atoms with E-state index in [9.17, 15) is 32.3 Å². The number of rotatable bonds is 12. The lowest BCUT2D eigenvalue weighted by Crippen LogP contribution is -2.57. The Morgan fingerprint density at radius 2 is 1.32 bits per heavy atom. The molecule has 3 N–H and O–H groups in total. The summed E-state index contributed by atoms with van der Waals surface area (Å²) in [4.78, 5) is 53.0. The van der Waals surface area contributed by atoms with Gasteiger partial charge in [-0.2, -0.15) is 13.2 Å². The first-order valence-electron chi connectivity index (χ1n) is 14.9. The highest BCUT2D eigenvalue weighted by molar-refractivity contribution is 6.11. The number of benzene rings is 4. The molecule has 0 spiro atoms. The van der Waals surface area contributed by atoms with E-state index in [1.807, 2.05) is 0 Å². The van der Waals surface area contributed by atoms with Crippen molar-refractivity contribution >= 4 is 29.4 Å². The van der Waals surface area contributed by atoms with Crippen LogP contribution < -0.4 is 16.0 Å². The highest BCUT2D eigenvalue weighted by Crippen LogP contribution is 2.32. The third kappa shape index (κ3) is 8.23. The zero-order valence-electron chi connectivity index (χ0n) is 25.8. The molecule has 8 nitrogen and oxygen atoms in total. The first-order chi connectivity index (χ1) is 22.5. The van der Waals surface area contributed by atoms with Crippen molar-refractivity contribution in [3.63, 3.8) is 0 Å². The summed E-state index contributed by atoms with van der Waals surface area (Å²) in [6.07, 6.45) is -4.70. The largest absolute Gasteiger partial charge is 0.463 e. The number of halogens is 3. The second kappa shape index (κ2) is 15.2. The molecule has 4 aromatic carbocycles. The van der Waals surface area contributed by atoms with Gasteiger partial charge in [-0.3, -0.25) is 19.2 Å². The number of carbonyl (C=O) groups is 4. The van der Waals surface area contributed by atoms with Gasteiger partial charge in [0.15, 0.2) is 5.41 Å². The van der Waals surface area contributed by atoms with Crippen LogP contribution >= 0.6 is 0 Å². The molecule has 0 heterocycles. The number of alkyl halides is 3. The summed E-state index contributed by atoms with van der Waals surface area (Å²) < 4.78 is 44.7. The molecule has 47 heavy (non-hydrogen) atoms. The summed E-state index contributed by atoms with van der Waals surface area (Å²) >= 11 is 0. The highest BCUT2D eigenvalue weighted by atomic mass is 19.4. The smallest absolute Gasteiger partial charge is 0.416 e. The predicted molar refractivity (Wildman–Crippen MR) is 171 cm³/mol. The molecular formula is C36H34F3N3O5. The van der Waals surface area contributed by atoms with E-state index in [2.05, 4.69) is 16.0 Å². The van der Waals surface area contributed by atoms with Gasteiger partial charge in [-0.05, 0) is 66.4 Å². The predicted octanol–water partition coefficient (Wildman–Crippen LogP) is 5.92. The fourth-order valence-electron chi connectivity index (χ4n) is 5.06. The van der Waals surface area contributed by atoms with Gasteiger partial charge in [0.05, 0.1) is 12.0 Å². The molecule has 0 saturated carbocycles. The van der Waals surface area contributed by atoms with Crippen molar-refractivity contribution in [2.75, 3.05) is 25.0 Å². The zero-order chi connectivity index (χ0) is 34.0. The molecule has 244 valence electrons. The Hall–Kier alpha value is -5.45. The molecule has 0 fully saturated rings. The Morgan fingerprint density at radius 1 is 0.702 bits per heavy atom. The fraction of sp³-hybridized carbons (Fsp3) is 0.222. The molecule has 0 aliphatic rings. The molecule has 0 saturated heterocycles. The molecule has 4 rings (SSSR count). The summed E-state index contributed by atoms with van der Waals surface area (Å²) in [5.74, 6) is -2.41. The quantitative estimate of drug-likeness (QED) is 0.131. The average molecular weight is 646 g/mol. The molecule has 0 atom stereocenters. The molecule has 0 aliphatic heterocycles. The van der Waals surface area contributed by atoms with E-state index in [-0.39, 0.29) is 25.1 Å². The van der Waals surface area contributed by atoms with Crippen molar-refractivity contribution in [3.8, 4) is 11.1 Å². The first kappa shape index (κ1) is 34.4. The summed E-state index contributed by atoms with van der Waals surface area (Å²) in [5.41, 5.74) is -0.268. The maximum atomic E-state index is 13.3. The van der Waals surface area contributed by atoms with Crippen LogP contribution in [0.3, 0.4) is 0 Å². The minimum atomic E-state index is -4.48. The Balaban J connectivity index is 1.50. The molecule has 0 aromatic heterocycles. The van der Waals surface area contributed by atoms with E-state index in [0.29, 0.717) is 27.9 Å². The molecule has 0 unspecified atom stereocenters. The van der Waals surface area contributed by atoms with Crippen LogP contribution in [-0.4, -0.2) is 43.4 Å². The maximum absolute atomic E-state index is 13.3. The molecule has 0 bridgehead atoms. The third-order valence-corrected chi connectivity index (χ3v) is 7.39. The van der Waals surface area contributed by atoms with E-state index in [0.717, 1.165) is 12.1 Å². The summed E-state index contributed by atoms with van der Waals surface area (Å²) in [7, 11) is 0. The van der Waals surface area contributed by atoms with Crippen LogP contribution in [0.4, 0.5) is 18.9 Å². The van der Waals surface area contributed by atoms with Gasteiger partial charge in [0.25, 0.3) is 5.91 Å². The Bertz CT molecular complexity index is 1710. The average Bonchev–Trinajstić information content (AvgIpc) is 3.05. The molecule has 11 heteroatoms. The van der Waals surface area contributed by atoms with Gasteiger partial charge in [0, 0.05) is 24.3 Å². The number of ether oxygens (including phenoxy) is 1. The topological polar surface area (TPSA) is 114 Å². The SMILES string of the molecule is CCNC(=O)C(COC(=O)Cc1cccc(NC(=O)c2ccccc2-c2ccc(C(F)(F)F)cc2)c1)(C(=O)NCC)c1ccccc1. The van der Waals surface area contributed by atoms with Crippen molar-refractivity contribution in [1.29, 1.82) is 0 Å². The number of hydrogen-bond acceptors (Lipinski definition) is 5. The van der Waals surface area contributed by atoms with Crippen LogP contribution in [0, 0.1) is 0 Å². The Morgan fingerprint density at radius 3 is 1.94 bits per heavy atom. The molecule has 4 aromatic rings. The Kier molecular flexibility index (Phi) is 11.1. The van der Waals surface area contributed by atoms with Crippen LogP contribution in [0.1, 0.15) is 40.9 Å². The summed E-state index contributed by atoms with van der Waals surface area (Å²) in [6.45, 7) is 3.42. The molecule has 0 radical (unpaired) electrons. The van der Waals surface area contributed by atoms with E-state index in [1.165, 1.54) is 12.1 Å². The molecule has 0 aliphatic carbocycles. The number of nitrogens with one attached hydrogen (secondary N) is 3. The number of amides is 3. The first-order valence-corrected chi connectivity index (χ1v) is 14.9. The fourth-order valence-corrected chi connectivity index (χ4v) is 5.06. The maximum Gasteiger partial charge on any atom is 0.416 e. The van der Waals surface area contributed by atoms with Crippen LogP contribution in [-0.2, 0) is 37.1 Å². The zero-order valence-corrected chi connectivity index (χ0v) is 25.8. The van der Waals surface area contributed by atoms with Crippen LogP contribution in [0.25, 0.3) is 11.1 Å². The number of hydrogen-bond donors (Lipinski definition) is 3. The third-order valence-electron chi connectivity index (χ3n) is 7.39. The molecular weight excluding hydrogens is 611 g/mol. The second-order valence-electron chi connectivity index (χ2n) is 10.6. The normalized spacial score (nSPS) is 11.3. The van der Waals surface area contributed by atoms with E-state index in [4.69, 9.17) is 4.74 Å². The van der Waals surface area contributed by atoms with Gasteiger partial charge in [0.2, 0.25) is 11.8 Å².